The van der Waals surface area contributed by atoms with Crippen LogP contribution in [0.2, 0.25) is 0 Å². The number of carbonyl (C=O) groups is 1. The van der Waals surface area contributed by atoms with Gasteiger partial charge in [0.15, 0.2) is 0 Å². The number of hydrogen-bond acceptors (Lipinski definition) is 2. The zero-order valence-electron chi connectivity index (χ0n) is 12.3. The van der Waals surface area contributed by atoms with Crippen LogP contribution in [-0.4, -0.2) is 21.5 Å². The van der Waals surface area contributed by atoms with E-state index in [9.17, 15) is 4.79 Å². The molecule has 0 saturated carbocycles. The summed E-state index contributed by atoms with van der Waals surface area (Å²) in [5.41, 5.74) is 2.86. The van der Waals surface area contributed by atoms with Crippen LogP contribution in [0.3, 0.4) is 0 Å². The lowest BCUT2D eigenvalue weighted by Gasteiger charge is -2.18. The Kier molecular flexibility index (Phi) is 4.56. The highest BCUT2D eigenvalue weighted by molar-refractivity contribution is 5.96. The van der Waals surface area contributed by atoms with E-state index in [1.807, 2.05) is 42.8 Å². The van der Waals surface area contributed by atoms with Crippen molar-refractivity contribution in [1.82, 2.24) is 14.9 Å². The average Bonchev–Trinajstić information content (AvgIpc) is 2.93. The number of amides is 1. The van der Waals surface area contributed by atoms with Crippen molar-refractivity contribution in [3.05, 3.63) is 53.6 Å². The van der Waals surface area contributed by atoms with Gasteiger partial charge in [-0.05, 0) is 31.9 Å². The molecule has 4 nitrogen and oxygen atoms in total. The van der Waals surface area contributed by atoms with Gasteiger partial charge in [-0.2, -0.15) is 0 Å². The van der Waals surface area contributed by atoms with E-state index < -0.39 is 0 Å². The standard InChI is InChI=1S/C16H21N3O/c1-4-14(10-19-8-7-17-11-19)18-16(20)15-9-12(2)5-6-13(15)3/h5-9,11,14H,4,10H2,1-3H3,(H,18,20)/t14-/m0/s1. The second kappa shape index (κ2) is 6.37. The summed E-state index contributed by atoms with van der Waals surface area (Å²) in [6.45, 7) is 6.78. The van der Waals surface area contributed by atoms with Crippen molar-refractivity contribution in [1.29, 1.82) is 0 Å². The van der Waals surface area contributed by atoms with Crippen molar-refractivity contribution in [2.45, 2.75) is 39.8 Å². The summed E-state index contributed by atoms with van der Waals surface area (Å²) < 4.78 is 1.98. The maximum absolute atomic E-state index is 12.4. The van der Waals surface area contributed by atoms with E-state index >= 15 is 0 Å². The smallest absolute Gasteiger partial charge is 0.251 e. The first-order valence-corrected chi connectivity index (χ1v) is 6.94. The molecule has 2 rings (SSSR count). The molecule has 20 heavy (non-hydrogen) atoms. The van der Waals surface area contributed by atoms with Crippen LogP contribution in [0.1, 0.15) is 34.8 Å². The summed E-state index contributed by atoms with van der Waals surface area (Å²) in [5.74, 6) is -0.00170. The molecule has 0 saturated heterocycles. The van der Waals surface area contributed by atoms with Crippen molar-refractivity contribution >= 4 is 5.91 Å². The molecule has 0 aliphatic carbocycles. The lowest BCUT2D eigenvalue weighted by atomic mass is 10.0. The number of aryl methyl sites for hydroxylation is 2. The number of hydrogen-bond donors (Lipinski definition) is 1. The SMILES string of the molecule is CC[C@@H](Cn1ccnc1)NC(=O)c1cc(C)ccc1C. The Labute approximate surface area is 119 Å². The maximum atomic E-state index is 12.4. The maximum Gasteiger partial charge on any atom is 0.251 e. The van der Waals surface area contributed by atoms with Crippen LogP contribution in [0.4, 0.5) is 0 Å². The van der Waals surface area contributed by atoms with E-state index in [2.05, 4.69) is 17.2 Å². The molecule has 1 aromatic carbocycles. The Morgan fingerprint density at radius 1 is 1.40 bits per heavy atom. The summed E-state index contributed by atoms with van der Waals surface area (Å²) in [6, 6.07) is 6.06. The van der Waals surface area contributed by atoms with Gasteiger partial charge in [0, 0.05) is 30.5 Å². The summed E-state index contributed by atoms with van der Waals surface area (Å²) in [4.78, 5) is 16.4. The highest BCUT2D eigenvalue weighted by Crippen LogP contribution is 2.11. The zero-order valence-corrected chi connectivity index (χ0v) is 12.3. The minimum absolute atomic E-state index is 0.00170. The first kappa shape index (κ1) is 14.3. The van der Waals surface area contributed by atoms with Gasteiger partial charge in [0.05, 0.1) is 6.33 Å². The van der Waals surface area contributed by atoms with E-state index in [1.54, 1.807) is 12.5 Å². The van der Waals surface area contributed by atoms with Crippen LogP contribution in [0.15, 0.2) is 36.9 Å². The summed E-state index contributed by atoms with van der Waals surface area (Å²) >= 11 is 0. The summed E-state index contributed by atoms with van der Waals surface area (Å²) in [5, 5.41) is 3.10. The molecule has 0 fully saturated rings. The minimum atomic E-state index is -0.00170. The number of nitrogens with one attached hydrogen (secondary N) is 1. The molecular formula is C16H21N3O. The van der Waals surface area contributed by atoms with Crippen molar-refractivity contribution in [3.8, 4) is 0 Å². The predicted molar refractivity (Wildman–Crippen MR) is 79.7 cm³/mol. The molecule has 1 heterocycles. The van der Waals surface area contributed by atoms with Gasteiger partial charge < -0.3 is 9.88 Å². The molecule has 0 spiro atoms. The highest BCUT2D eigenvalue weighted by Gasteiger charge is 2.14. The van der Waals surface area contributed by atoms with Crippen molar-refractivity contribution in [3.63, 3.8) is 0 Å². The molecule has 2 aromatic rings. The molecule has 4 heteroatoms. The first-order valence-electron chi connectivity index (χ1n) is 6.94. The third-order valence-corrected chi connectivity index (χ3v) is 3.46. The Morgan fingerprint density at radius 2 is 2.20 bits per heavy atom. The molecule has 1 amide bonds. The molecular weight excluding hydrogens is 250 g/mol. The van der Waals surface area contributed by atoms with Gasteiger partial charge in [-0.1, -0.05) is 24.6 Å². The van der Waals surface area contributed by atoms with E-state index in [-0.39, 0.29) is 11.9 Å². The fraction of sp³-hybridized carbons (Fsp3) is 0.375. The van der Waals surface area contributed by atoms with Gasteiger partial charge >= 0.3 is 0 Å². The fourth-order valence-corrected chi connectivity index (χ4v) is 2.17. The number of rotatable bonds is 5. The number of nitrogens with zero attached hydrogens (tertiary/aromatic N) is 2. The fourth-order valence-electron chi connectivity index (χ4n) is 2.17. The van der Waals surface area contributed by atoms with Crippen molar-refractivity contribution in [2.24, 2.45) is 0 Å². The van der Waals surface area contributed by atoms with E-state index in [0.717, 1.165) is 29.7 Å². The van der Waals surface area contributed by atoms with E-state index in [4.69, 9.17) is 0 Å². The lowest BCUT2D eigenvalue weighted by Crippen LogP contribution is -2.37. The molecule has 106 valence electrons. The average molecular weight is 271 g/mol. The third-order valence-electron chi connectivity index (χ3n) is 3.46. The third kappa shape index (κ3) is 3.47. The van der Waals surface area contributed by atoms with Crippen LogP contribution in [0.5, 0.6) is 0 Å². The van der Waals surface area contributed by atoms with E-state index in [0.29, 0.717) is 0 Å². The van der Waals surface area contributed by atoms with Gasteiger partial charge in [-0.3, -0.25) is 4.79 Å². The van der Waals surface area contributed by atoms with Crippen LogP contribution in [0, 0.1) is 13.8 Å². The van der Waals surface area contributed by atoms with Crippen LogP contribution >= 0.6 is 0 Å². The normalized spacial score (nSPS) is 12.2. The Balaban J connectivity index is 2.07. The topological polar surface area (TPSA) is 46.9 Å². The van der Waals surface area contributed by atoms with Gasteiger partial charge in [-0.25, -0.2) is 4.98 Å². The van der Waals surface area contributed by atoms with Gasteiger partial charge in [0.2, 0.25) is 0 Å². The molecule has 0 aliphatic heterocycles. The van der Waals surface area contributed by atoms with Crippen molar-refractivity contribution < 1.29 is 4.79 Å². The Hall–Kier alpha value is -2.10. The monoisotopic (exact) mass is 271 g/mol. The Bertz CT molecular complexity index is 575. The van der Waals surface area contributed by atoms with Crippen LogP contribution in [-0.2, 0) is 6.54 Å². The molecule has 0 unspecified atom stereocenters. The van der Waals surface area contributed by atoms with Crippen LogP contribution in [0.25, 0.3) is 0 Å². The quantitative estimate of drug-likeness (QED) is 0.909. The number of benzene rings is 1. The molecule has 1 aromatic heterocycles. The Morgan fingerprint density at radius 3 is 2.85 bits per heavy atom. The molecule has 1 N–H and O–H groups in total. The number of aromatic nitrogens is 2. The van der Waals surface area contributed by atoms with Gasteiger partial charge in [0.1, 0.15) is 0 Å². The lowest BCUT2D eigenvalue weighted by molar-refractivity contribution is 0.0931. The van der Waals surface area contributed by atoms with Gasteiger partial charge in [-0.15, -0.1) is 0 Å². The molecule has 0 bridgehead atoms. The second-order valence-electron chi connectivity index (χ2n) is 5.16. The minimum Gasteiger partial charge on any atom is -0.348 e. The molecule has 1 atom stereocenters. The van der Waals surface area contributed by atoms with Gasteiger partial charge in [0.25, 0.3) is 5.91 Å². The summed E-state index contributed by atoms with van der Waals surface area (Å²) in [6.07, 6.45) is 6.31. The van der Waals surface area contributed by atoms with E-state index in [1.165, 1.54) is 0 Å². The number of carbonyl (C=O) groups excluding carboxylic acids is 1. The second-order valence-corrected chi connectivity index (χ2v) is 5.16. The molecule has 0 aliphatic rings. The van der Waals surface area contributed by atoms with Crippen LogP contribution < -0.4 is 5.32 Å². The number of imidazole rings is 1. The van der Waals surface area contributed by atoms with Crippen molar-refractivity contribution in [2.75, 3.05) is 0 Å². The summed E-state index contributed by atoms with van der Waals surface area (Å²) in [7, 11) is 0. The largest absolute Gasteiger partial charge is 0.348 e. The zero-order chi connectivity index (χ0) is 14.5. The molecule has 0 radical (unpaired) electrons. The first-order chi connectivity index (χ1) is 9.60. The highest BCUT2D eigenvalue weighted by atomic mass is 16.1. The predicted octanol–water partition coefficient (Wildman–Crippen LogP) is 2.71.